The first-order valence-corrected chi connectivity index (χ1v) is 5.60. The SMILES string of the molecule is Cc1sc(C)c(CC(C)C(=O)O)c1Cl. The van der Waals surface area contributed by atoms with E-state index in [9.17, 15) is 4.79 Å². The summed E-state index contributed by atoms with van der Waals surface area (Å²) < 4.78 is 0. The monoisotopic (exact) mass is 232 g/mol. The molecule has 1 aromatic rings. The fourth-order valence-electron chi connectivity index (χ4n) is 1.33. The molecular weight excluding hydrogens is 220 g/mol. The number of carboxylic acid groups (broad SMARTS) is 1. The van der Waals surface area contributed by atoms with Gasteiger partial charge in [-0.1, -0.05) is 18.5 Å². The van der Waals surface area contributed by atoms with Crippen molar-refractivity contribution in [2.45, 2.75) is 27.2 Å². The van der Waals surface area contributed by atoms with Gasteiger partial charge in [0.05, 0.1) is 10.9 Å². The van der Waals surface area contributed by atoms with Gasteiger partial charge in [0.2, 0.25) is 0 Å². The lowest BCUT2D eigenvalue weighted by Gasteiger charge is -2.06. The van der Waals surface area contributed by atoms with Crippen molar-refractivity contribution in [1.29, 1.82) is 0 Å². The van der Waals surface area contributed by atoms with Gasteiger partial charge < -0.3 is 5.11 Å². The van der Waals surface area contributed by atoms with Gasteiger partial charge in [-0.25, -0.2) is 0 Å². The highest BCUT2D eigenvalue weighted by atomic mass is 35.5. The molecule has 0 spiro atoms. The molecule has 2 nitrogen and oxygen atoms in total. The van der Waals surface area contributed by atoms with Crippen LogP contribution >= 0.6 is 22.9 Å². The van der Waals surface area contributed by atoms with Crippen LogP contribution in [0.3, 0.4) is 0 Å². The predicted molar refractivity (Wildman–Crippen MR) is 59.3 cm³/mol. The fraction of sp³-hybridized carbons (Fsp3) is 0.500. The zero-order valence-electron chi connectivity index (χ0n) is 8.43. The minimum atomic E-state index is -0.774. The van der Waals surface area contributed by atoms with Crippen molar-refractivity contribution in [1.82, 2.24) is 0 Å². The van der Waals surface area contributed by atoms with Crippen LogP contribution in [0.1, 0.15) is 22.2 Å². The van der Waals surface area contributed by atoms with E-state index in [1.54, 1.807) is 18.3 Å². The standard InChI is InChI=1S/C10H13ClO2S/c1-5(10(12)13)4-8-6(2)14-7(3)9(8)11/h5H,4H2,1-3H3,(H,12,13). The molecule has 0 fully saturated rings. The van der Waals surface area contributed by atoms with Crippen LogP contribution in [0.5, 0.6) is 0 Å². The maximum Gasteiger partial charge on any atom is 0.306 e. The summed E-state index contributed by atoms with van der Waals surface area (Å²) in [5.41, 5.74) is 0.990. The second-order valence-corrected chi connectivity index (χ2v) is 5.26. The molecule has 1 N–H and O–H groups in total. The minimum Gasteiger partial charge on any atom is -0.481 e. The number of carboxylic acids is 1. The topological polar surface area (TPSA) is 37.3 Å². The van der Waals surface area contributed by atoms with Crippen LogP contribution in [-0.4, -0.2) is 11.1 Å². The third-order valence-corrected chi connectivity index (χ3v) is 3.92. The van der Waals surface area contributed by atoms with Crippen molar-refractivity contribution in [3.05, 3.63) is 20.3 Å². The Hall–Kier alpha value is -0.540. The lowest BCUT2D eigenvalue weighted by atomic mass is 10.0. The Balaban J connectivity index is 2.91. The van der Waals surface area contributed by atoms with Crippen molar-refractivity contribution < 1.29 is 9.90 Å². The molecule has 0 saturated heterocycles. The van der Waals surface area contributed by atoms with Crippen molar-refractivity contribution in [2.24, 2.45) is 5.92 Å². The molecule has 1 atom stereocenters. The molecule has 1 aromatic heterocycles. The summed E-state index contributed by atoms with van der Waals surface area (Å²) >= 11 is 7.70. The highest BCUT2D eigenvalue weighted by Crippen LogP contribution is 2.33. The lowest BCUT2D eigenvalue weighted by Crippen LogP contribution is -2.12. The van der Waals surface area contributed by atoms with Gasteiger partial charge in [0.25, 0.3) is 0 Å². The maximum atomic E-state index is 10.7. The van der Waals surface area contributed by atoms with E-state index in [4.69, 9.17) is 16.7 Å². The first kappa shape index (κ1) is 11.5. The normalized spacial score (nSPS) is 12.9. The first-order chi connectivity index (χ1) is 6.43. The molecule has 0 aliphatic carbocycles. The number of carbonyl (C=O) groups is 1. The quantitative estimate of drug-likeness (QED) is 0.869. The maximum absolute atomic E-state index is 10.7. The van der Waals surface area contributed by atoms with E-state index in [2.05, 4.69) is 0 Å². The Labute approximate surface area is 92.5 Å². The molecule has 0 amide bonds. The van der Waals surface area contributed by atoms with Gasteiger partial charge >= 0.3 is 5.97 Å². The molecule has 0 aliphatic heterocycles. The van der Waals surface area contributed by atoms with E-state index >= 15 is 0 Å². The third-order valence-electron chi connectivity index (χ3n) is 2.24. The van der Waals surface area contributed by atoms with Gasteiger partial charge in [0.1, 0.15) is 0 Å². The molecular formula is C10H13ClO2S. The zero-order valence-corrected chi connectivity index (χ0v) is 10.00. The number of hydrogen-bond acceptors (Lipinski definition) is 2. The van der Waals surface area contributed by atoms with Crippen LogP contribution in [0.4, 0.5) is 0 Å². The summed E-state index contributed by atoms with van der Waals surface area (Å²) in [4.78, 5) is 12.9. The Morgan fingerprint density at radius 3 is 2.43 bits per heavy atom. The second-order valence-electron chi connectivity index (χ2n) is 3.45. The van der Waals surface area contributed by atoms with Crippen LogP contribution in [0, 0.1) is 19.8 Å². The molecule has 0 aromatic carbocycles. The van der Waals surface area contributed by atoms with E-state index in [1.165, 1.54) is 0 Å². The zero-order chi connectivity index (χ0) is 10.9. The average molecular weight is 233 g/mol. The summed E-state index contributed by atoms with van der Waals surface area (Å²) in [7, 11) is 0. The van der Waals surface area contributed by atoms with Crippen LogP contribution in [0.25, 0.3) is 0 Å². The number of aliphatic carboxylic acids is 1. The number of thiophene rings is 1. The molecule has 1 heterocycles. The van der Waals surface area contributed by atoms with Gasteiger partial charge in [-0.2, -0.15) is 0 Å². The molecule has 0 saturated carbocycles. The van der Waals surface area contributed by atoms with E-state index in [-0.39, 0.29) is 5.92 Å². The molecule has 0 radical (unpaired) electrons. The molecule has 1 unspecified atom stereocenters. The van der Waals surface area contributed by atoms with Gasteiger partial charge in [-0.05, 0) is 25.8 Å². The summed E-state index contributed by atoms with van der Waals surface area (Å²) in [6, 6.07) is 0. The van der Waals surface area contributed by atoms with E-state index in [0.29, 0.717) is 6.42 Å². The Morgan fingerprint density at radius 1 is 1.50 bits per heavy atom. The van der Waals surface area contributed by atoms with Crippen LogP contribution in [0.15, 0.2) is 0 Å². The molecule has 78 valence electrons. The first-order valence-electron chi connectivity index (χ1n) is 4.40. The number of hydrogen-bond donors (Lipinski definition) is 1. The van der Waals surface area contributed by atoms with E-state index < -0.39 is 5.97 Å². The molecule has 14 heavy (non-hydrogen) atoms. The van der Waals surface area contributed by atoms with Crippen molar-refractivity contribution in [3.63, 3.8) is 0 Å². The van der Waals surface area contributed by atoms with E-state index in [1.807, 2.05) is 13.8 Å². The van der Waals surface area contributed by atoms with Crippen molar-refractivity contribution >= 4 is 28.9 Å². The van der Waals surface area contributed by atoms with Crippen molar-refractivity contribution in [2.75, 3.05) is 0 Å². The van der Waals surface area contributed by atoms with Gasteiger partial charge in [0.15, 0.2) is 0 Å². The Kier molecular flexibility index (Phi) is 3.56. The van der Waals surface area contributed by atoms with Gasteiger partial charge in [-0.3, -0.25) is 4.79 Å². The Morgan fingerprint density at radius 2 is 2.07 bits per heavy atom. The van der Waals surface area contributed by atoms with Crippen LogP contribution in [-0.2, 0) is 11.2 Å². The number of halogens is 1. The highest BCUT2D eigenvalue weighted by molar-refractivity contribution is 7.12. The lowest BCUT2D eigenvalue weighted by molar-refractivity contribution is -0.141. The summed E-state index contributed by atoms with van der Waals surface area (Å²) in [5, 5.41) is 9.53. The number of aryl methyl sites for hydroxylation is 2. The summed E-state index contributed by atoms with van der Waals surface area (Å²) in [5.74, 6) is -1.15. The third kappa shape index (κ3) is 2.28. The smallest absolute Gasteiger partial charge is 0.306 e. The molecule has 0 bridgehead atoms. The average Bonchev–Trinajstić information content (AvgIpc) is 2.32. The predicted octanol–water partition coefficient (Wildman–Crippen LogP) is 3.28. The van der Waals surface area contributed by atoms with Gasteiger partial charge in [0, 0.05) is 9.75 Å². The van der Waals surface area contributed by atoms with Crippen LogP contribution in [0.2, 0.25) is 5.02 Å². The Bertz CT molecular complexity index is 357. The fourth-order valence-corrected chi connectivity index (χ4v) is 2.70. The second kappa shape index (κ2) is 4.32. The van der Waals surface area contributed by atoms with Gasteiger partial charge in [-0.15, -0.1) is 11.3 Å². The minimum absolute atomic E-state index is 0.375. The summed E-state index contributed by atoms with van der Waals surface area (Å²) in [6.07, 6.45) is 0.518. The largest absolute Gasteiger partial charge is 0.481 e. The van der Waals surface area contributed by atoms with Crippen LogP contribution < -0.4 is 0 Å². The summed E-state index contributed by atoms with van der Waals surface area (Å²) in [6.45, 7) is 5.63. The highest BCUT2D eigenvalue weighted by Gasteiger charge is 2.17. The molecule has 4 heteroatoms. The molecule has 0 aliphatic rings. The van der Waals surface area contributed by atoms with Crippen molar-refractivity contribution in [3.8, 4) is 0 Å². The molecule has 1 rings (SSSR count). The van der Waals surface area contributed by atoms with E-state index in [0.717, 1.165) is 20.3 Å². The number of rotatable bonds is 3.